The molecule has 5 rings (SSSR count). The van der Waals surface area contributed by atoms with Gasteiger partial charge in [0.15, 0.2) is 5.69 Å². The van der Waals surface area contributed by atoms with Crippen LogP contribution in [0.25, 0.3) is 22.4 Å². The number of carbonyl (C=O) groups excluding carboxylic acids is 1. The van der Waals surface area contributed by atoms with E-state index in [-0.39, 0.29) is 11.6 Å². The van der Waals surface area contributed by atoms with E-state index in [1.807, 2.05) is 78.9 Å². The molecule has 0 fully saturated rings. The molecule has 0 unspecified atom stereocenters. The summed E-state index contributed by atoms with van der Waals surface area (Å²) in [6, 6.07) is 25.3. The largest absolute Gasteiger partial charge is 0.338 e. The quantitative estimate of drug-likeness (QED) is 0.469. The Morgan fingerprint density at radius 1 is 0.933 bits per heavy atom. The summed E-state index contributed by atoms with van der Waals surface area (Å²) in [5.41, 5.74) is 4.89. The number of hydrogen-bond acceptors (Lipinski definition) is 4. The zero-order valence-corrected chi connectivity index (χ0v) is 16.0. The van der Waals surface area contributed by atoms with Crippen LogP contribution < -0.4 is 5.32 Å². The highest BCUT2D eigenvalue weighted by Gasteiger charge is 2.12. The Balaban J connectivity index is 1.27. The molecule has 0 aliphatic rings. The van der Waals surface area contributed by atoms with Crippen LogP contribution in [0.1, 0.15) is 16.1 Å². The normalized spacial score (nSPS) is 10.9. The fourth-order valence-electron chi connectivity index (χ4n) is 3.25. The molecule has 0 aliphatic heterocycles. The summed E-state index contributed by atoms with van der Waals surface area (Å²) in [6.45, 7) is 0.563. The number of benzene rings is 3. The summed E-state index contributed by atoms with van der Waals surface area (Å²) in [6.07, 6.45) is 1.64. The first-order valence-corrected chi connectivity index (χ1v) is 9.55. The maximum Gasteiger partial charge on any atom is 0.277 e. The van der Waals surface area contributed by atoms with E-state index < -0.39 is 0 Å². The SMILES string of the molecule is O=C(Nc1ccc(-c2nc3ccccc3[nH]2)cc1)c1cn(Cc2ccccc2)nn1. The average molecular weight is 394 g/mol. The summed E-state index contributed by atoms with van der Waals surface area (Å²) in [5.74, 6) is 0.490. The number of imidazole rings is 1. The van der Waals surface area contributed by atoms with Crippen molar-refractivity contribution in [3.8, 4) is 11.4 Å². The first-order chi connectivity index (χ1) is 14.7. The highest BCUT2D eigenvalue weighted by Crippen LogP contribution is 2.22. The minimum Gasteiger partial charge on any atom is -0.338 e. The molecule has 2 N–H and O–H groups in total. The molecule has 3 aromatic carbocycles. The lowest BCUT2D eigenvalue weighted by Crippen LogP contribution is -2.12. The van der Waals surface area contributed by atoms with Gasteiger partial charge >= 0.3 is 0 Å². The number of para-hydroxylation sites is 2. The van der Waals surface area contributed by atoms with Crippen molar-refractivity contribution in [1.82, 2.24) is 25.0 Å². The Bertz CT molecular complexity index is 1270. The van der Waals surface area contributed by atoms with Crippen molar-refractivity contribution in [3.05, 3.63) is 96.3 Å². The van der Waals surface area contributed by atoms with Gasteiger partial charge in [-0.2, -0.15) is 0 Å². The third-order valence-corrected chi connectivity index (χ3v) is 4.76. The van der Waals surface area contributed by atoms with Gasteiger partial charge in [0, 0.05) is 11.3 Å². The molecule has 7 nitrogen and oxygen atoms in total. The van der Waals surface area contributed by atoms with Crippen molar-refractivity contribution in [2.75, 3.05) is 5.32 Å². The lowest BCUT2D eigenvalue weighted by Gasteiger charge is -2.04. The fourth-order valence-corrected chi connectivity index (χ4v) is 3.25. The Labute approximate surface area is 172 Å². The number of amides is 1. The number of fused-ring (bicyclic) bond motifs is 1. The fraction of sp³-hybridized carbons (Fsp3) is 0.0435. The molecule has 0 spiro atoms. The lowest BCUT2D eigenvalue weighted by atomic mass is 10.2. The number of nitrogens with one attached hydrogen (secondary N) is 2. The number of anilines is 1. The van der Waals surface area contributed by atoms with Gasteiger partial charge in [-0.1, -0.05) is 47.7 Å². The van der Waals surface area contributed by atoms with Crippen LogP contribution in [0.2, 0.25) is 0 Å². The van der Waals surface area contributed by atoms with Gasteiger partial charge in [-0.25, -0.2) is 9.67 Å². The van der Waals surface area contributed by atoms with E-state index in [0.717, 1.165) is 28.0 Å². The Kier molecular flexibility index (Phi) is 4.53. The van der Waals surface area contributed by atoms with Crippen LogP contribution >= 0.6 is 0 Å². The van der Waals surface area contributed by atoms with Crippen LogP contribution in [0.3, 0.4) is 0 Å². The molecule has 0 bridgehead atoms. The second kappa shape index (κ2) is 7.63. The van der Waals surface area contributed by atoms with Crippen LogP contribution in [0.4, 0.5) is 5.69 Å². The first-order valence-electron chi connectivity index (χ1n) is 9.55. The van der Waals surface area contributed by atoms with Gasteiger partial charge in [-0.05, 0) is 42.0 Å². The third kappa shape index (κ3) is 3.68. The van der Waals surface area contributed by atoms with Crippen molar-refractivity contribution in [2.45, 2.75) is 6.54 Å². The average Bonchev–Trinajstić information content (AvgIpc) is 3.42. The number of hydrogen-bond donors (Lipinski definition) is 2. The summed E-state index contributed by atoms with van der Waals surface area (Å²) < 4.78 is 1.65. The second-order valence-electron chi connectivity index (χ2n) is 6.92. The van der Waals surface area contributed by atoms with Crippen molar-refractivity contribution < 1.29 is 4.79 Å². The third-order valence-electron chi connectivity index (χ3n) is 4.76. The minimum atomic E-state index is -0.300. The van der Waals surface area contributed by atoms with Gasteiger partial charge in [0.05, 0.1) is 23.8 Å². The summed E-state index contributed by atoms with van der Waals surface area (Å²) in [5, 5.41) is 10.9. The molecule has 2 heterocycles. The van der Waals surface area contributed by atoms with Crippen molar-refractivity contribution in [1.29, 1.82) is 0 Å². The Morgan fingerprint density at radius 2 is 1.70 bits per heavy atom. The van der Waals surface area contributed by atoms with Crippen LogP contribution in [-0.2, 0) is 6.54 Å². The zero-order valence-electron chi connectivity index (χ0n) is 16.0. The van der Waals surface area contributed by atoms with Crippen LogP contribution in [0.15, 0.2) is 85.1 Å². The molecule has 0 saturated carbocycles. The van der Waals surface area contributed by atoms with E-state index in [9.17, 15) is 4.79 Å². The molecular weight excluding hydrogens is 376 g/mol. The Morgan fingerprint density at radius 3 is 2.50 bits per heavy atom. The molecule has 5 aromatic rings. The zero-order chi connectivity index (χ0) is 20.3. The number of nitrogens with zero attached hydrogens (tertiary/aromatic N) is 4. The van der Waals surface area contributed by atoms with E-state index in [1.54, 1.807) is 10.9 Å². The lowest BCUT2D eigenvalue weighted by molar-refractivity contribution is 0.102. The molecule has 7 heteroatoms. The van der Waals surface area contributed by atoms with Crippen LogP contribution in [-0.4, -0.2) is 30.9 Å². The molecule has 0 atom stereocenters. The van der Waals surface area contributed by atoms with Gasteiger partial charge in [0.1, 0.15) is 5.82 Å². The Hall–Kier alpha value is -4.26. The molecular formula is C23H18N6O. The van der Waals surface area contributed by atoms with Crippen LogP contribution in [0.5, 0.6) is 0 Å². The number of H-pyrrole nitrogens is 1. The van der Waals surface area contributed by atoms with Crippen molar-refractivity contribution >= 4 is 22.6 Å². The molecule has 0 aliphatic carbocycles. The molecule has 0 radical (unpaired) electrons. The van der Waals surface area contributed by atoms with E-state index in [1.165, 1.54) is 0 Å². The van der Waals surface area contributed by atoms with E-state index in [0.29, 0.717) is 12.2 Å². The van der Waals surface area contributed by atoms with Crippen molar-refractivity contribution in [3.63, 3.8) is 0 Å². The molecule has 146 valence electrons. The molecule has 30 heavy (non-hydrogen) atoms. The van der Waals surface area contributed by atoms with E-state index in [4.69, 9.17) is 0 Å². The number of carbonyl (C=O) groups is 1. The maximum absolute atomic E-state index is 12.5. The predicted molar refractivity (Wildman–Crippen MR) is 115 cm³/mol. The van der Waals surface area contributed by atoms with Crippen molar-refractivity contribution in [2.24, 2.45) is 0 Å². The van der Waals surface area contributed by atoms with Gasteiger partial charge < -0.3 is 10.3 Å². The monoisotopic (exact) mass is 394 g/mol. The molecule has 0 saturated heterocycles. The number of aromatic amines is 1. The highest BCUT2D eigenvalue weighted by atomic mass is 16.2. The topological polar surface area (TPSA) is 88.5 Å². The number of aromatic nitrogens is 5. The highest BCUT2D eigenvalue weighted by molar-refractivity contribution is 6.02. The summed E-state index contributed by atoms with van der Waals surface area (Å²) in [4.78, 5) is 20.4. The summed E-state index contributed by atoms with van der Waals surface area (Å²) in [7, 11) is 0. The van der Waals surface area contributed by atoms with Gasteiger partial charge in [0.2, 0.25) is 0 Å². The van der Waals surface area contributed by atoms with Gasteiger partial charge in [-0.15, -0.1) is 5.10 Å². The number of rotatable bonds is 5. The van der Waals surface area contributed by atoms with E-state index >= 15 is 0 Å². The van der Waals surface area contributed by atoms with E-state index in [2.05, 4.69) is 25.6 Å². The smallest absolute Gasteiger partial charge is 0.277 e. The summed E-state index contributed by atoms with van der Waals surface area (Å²) >= 11 is 0. The molecule has 1 amide bonds. The standard InChI is InChI=1S/C23H18N6O/c30-23(21-15-29(28-27-21)14-16-6-2-1-3-7-16)24-18-12-10-17(11-13-18)22-25-19-8-4-5-9-20(19)26-22/h1-13,15H,14H2,(H,24,30)(H,25,26). The minimum absolute atomic E-state index is 0.271. The second-order valence-corrected chi connectivity index (χ2v) is 6.92. The first kappa shape index (κ1) is 17.8. The van der Waals surface area contributed by atoms with Gasteiger partial charge in [0.25, 0.3) is 5.91 Å². The van der Waals surface area contributed by atoms with Crippen LogP contribution in [0, 0.1) is 0 Å². The predicted octanol–water partition coefficient (Wildman–Crippen LogP) is 4.12. The maximum atomic E-state index is 12.5. The van der Waals surface area contributed by atoms with Gasteiger partial charge in [-0.3, -0.25) is 4.79 Å². The molecule has 2 aromatic heterocycles.